The third-order valence-electron chi connectivity index (χ3n) is 2.50. The maximum atomic E-state index is 8.63. The molecule has 0 N–H and O–H groups in total. The molecule has 0 heterocycles. The number of nitriles is 1. The van der Waals surface area contributed by atoms with Gasteiger partial charge >= 0.3 is 0 Å². The number of nitrogens with zero attached hydrogens (tertiary/aromatic N) is 2. The summed E-state index contributed by atoms with van der Waals surface area (Å²) in [6.45, 7) is 2.97. The second-order valence-electron chi connectivity index (χ2n) is 3.77. The fraction of sp³-hybridized carbons (Fsp3) is 0.462. The van der Waals surface area contributed by atoms with Crippen molar-refractivity contribution in [2.75, 3.05) is 26.8 Å². The van der Waals surface area contributed by atoms with Gasteiger partial charge in [0.05, 0.1) is 12.7 Å². The minimum Gasteiger partial charge on any atom is -0.383 e. The largest absolute Gasteiger partial charge is 0.383 e. The third-order valence-corrected chi connectivity index (χ3v) is 2.87. The molecule has 92 valence electrons. The first kappa shape index (κ1) is 14.0. The van der Waals surface area contributed by atoms with E-state index >= 15 is 0 Å². The number of hydrogen-bond acceptors (Lipinski definition) is 3. The minimum atomic E-state index is 0.522. The molecule has 1 aromatic carbocycles. The zero-order chi connectivity index (χ0) is 12.5. The van der Waals surface area contributed by atoms with Crippen molar-refractivity contribution < 1.29 is 4.74 Å². The third kappa shape index (κ3) is 5.18. The van der Waals surface area contributed by atoms with Crippen LogP contribution in [0.2, 0.25) is 5.02 Å². The normalized spacial score (nSPS) is 10.5. The molecule has 0 aliphatic rings. The standard InChI is InChI=1S/C13H17ClN2O/c1-17-10-9-16(8-4-7-15)11-12-5-2-3-6-13(12)14/h2-3,5-6H,4,8-11H2,1H3. The first-order valence-electron chi connectivity index (χ1n) is 5.59. The Labute approximate surface area is 108 Å². The highest BCUT2D eigenvalue weighted by Crippen LogP contribution is 2.16. The second-order valence-corrected chi connectivity index (χ2v) is 4.18. The van der Waals surface area contributed by atoms with Gasteiger partial charge in [-0.25, -0.2) is 0 Å². The Morgan fingerprint density at radius 3 is 2.76 bits per heavy atom. The van der Waals surface area contributed by atoms with Crippen LogP contribution in [0.5, 0.6) is 0 Å². The molecule has 0 aliphatic heterocycles. The zero-order valence-corrected chi connectivity index (χ0v) is 10.8. The van der Waals surface area contributed by atoms with E-state index in [9.17, 15) is 0 Å². The molecule has 0 saturated heterocycles. The molecule has 0 aromatic heterocycles. The van der Waals surface area contributed by atoms with Crippen LogP contribution in [0.15, 0.2) is 24.3 Å². The number of hydrogen-bond donors (Lipinski definition) is 0. The Hall–Kier alpha value is -1.08. The average Bonchev–Trinajstić information content (AvgIpc) is 2.35. The second kappa shape index (κ2) is 8.08. The molecular formula is C13H17ClN2O. The monoisotopic (exact) mass is 252 g/mol. The number of methoxy groups -OCH3 is 1. The fourth-order valence-electron chi connectivity index (χ4n) is 1.57. The van der Waals surface area contributed by atoms with E-state index in [1.165, 1.54) is 0 Å². The molecule has 3 nitrogen and oxygen atoms in total. The first-order valence-corrected chi connectivity index (χ1v) is 5.97. The van der Waals surface area contributed by atoms with E-state index in [1.54, 1.807) is 7.11 Å². The average molecular weight is 253 g/mol. The summed E-state index contributed by atoms with van der Waals surface area (Å²) in [4.78, 5) is 2.17. The van der Waals surface area contributed by atoms with Crippen LogP contribution in [0.4, 0.5) is 0 Å². The lowest BCUT2D eigenvalue weighted by molar-refractivity contribution is 0.145. The van der Waals surface area contributed by atoms with Gasteiger partial charge in [-0.3, -0.25) is 4.90 Å². The van der Waals surface area contributed by atoms with Gasteiger partial charge in [0.2, 0.25) is 0 Å². The Balaban J connectivity index is 2.58. The van der Waals surface area contributed by atoms with E-state index in [0.29, 0.717) is 13.0 Å². The van der Waals surface area contributed by atoms with E-state index in [0.717, 1.165) is 30.2 Å². The van der Waals surface area contributed by atoms with Crippen molar-refractivity contribution >= 4 is 11.6 Å². The molecule has 1 aromatic rings. The molecule has 0 saturated carbocycles. The van der Waals surface area contributed by atoms with Crippen molar-refractivity contribution in [3.8, 4) is 6.07 Å². The predicted octanol–water partition coefficient (Wildman–Crippen LogP) is 2.70. The Kier molecular flexibility index (Phi) is 6.64. The van der Waals surface area contributed by atoms with Crippen LogP contribution in [-0.4, -0.2) is 31.7 Å². The number of halogens is 1. The maximum Gasteiger partial charge on any atom is 0.0635 e. The molecule has 0 aliphatic carbocycles. The number of ether oxygens (including phenoxy) is 1. The van der Waals surface area contributed by atoms with Crippen molar-refractivity contribution in [2.45, 2.75) is 13.0 Å². The summed E-state index contributed by atoms with van der Waals surface area (Å²) in [6, 6.07) is 9.94. The minimum absolute atomic E-state index is 0.522. The summed E-state index contributed by atoms with van der Waals surface area (Å²) >= 11 is 6.11. The lowest BCUT2D eigenvalue weighted by Crippen LogP contribution is -2.28. The van der Waals surface area contributed by atoms with Crippen LogP contribution in [0.3, 0.4) is 0 Å². The highest BCUT2D eigenvalue weighted by Gasteiger charge is 2.07. The lowest BCUT2D eigenvalue weighted by atomic mass is 10.2. The molecular weight excluding hydrogens is 236 g/mol. The lowest BCUT2D eigenvalue weighted by Gasteiger charge is -2.21. The quantitative estimate of drug-likeness (QED) is 0.749. The van der Waals surface area contributed by atoms with E-state index in [2.05, 4.69) is 11.0 Å². The molecule has 0 amide bonds. The molecule has 1 rings (SSSR count). The SMILES string of the molecule is COCCN(CCC#N)Cc1ccccc1Cl. The summed E-state index contributed by atoms with van der Waals surface area (Å²) in [5, 5.41) is 9.40. The zero-order valence-electron chi connectivity index (χ0n) is 10.0. The predicted molar refractivity (Wildman–Crippen MR) is 68.8 cm³/mol. The molecule has 0 spiro atoms. The van der Waals surface area contributed by atoms with Gasteiger partial charge in [0, 0.05) is 38.2 Å². The van der Waals surface area contributed by atoms with Crippen molar-refractivity contribution in [1.82, 2.24) is 4.90 Å². The Morgan fingerprint density at radius 1 is 1.35 bits per heavy atom. The van der Waals surface area contributed by atoms with Crippen LogP contribution < -0.4 is 0 Å². The van der Waals surface area contributed by atoms with Gasteiger partial charge in [-0.1, -0.05) is 29.8 Å². The van der Waals surface area contributed by atoms with E-state index in [-0.39, 0.29) is 0 Å². The van der Waals surface area contributed by atoms with Gasteiger partial charge in [-0.05, 0) is 11.6 Å². The summed E-state index contributed by atoms with van der Waals surface area (Å²) in [5.41, 5.74) is 1.09. The van der Waals surface area contributed by atoms with Crippen LogP contribution >= 0.6 is 11.6 Å². The molecule has 0 fully saturated rings. The smallest absolute Gasteiger partial charge is 0.0635 e. The van der Waals surface area contributed by atoms with E-state index in [1.807, 2.05) is 24.3 Å². The summed E-state index contributed by atoms with van der Waals surface area (Å²) in [5.74, 6) is 0. The fourth-order valence-corrected chi connectivity index (χ4v) is 1.76. The van der Waals surface area contributed by atoms with Gasteiger partial charge in [0.1, 0.15) is 0 Å². The van der Waals surface area contributed by atoms with Gasteiger partial charge in [-0.2, -0.15) is 5.26 Å². The Bertz CT molecular complexity index is 376. The van der Waals surface area contributed by atoms with Gasteiger partial charge in [0.25, 0.3) is 0 Å². The summed E-state index contributed by atoms with van der Waals surface area (Å²) in [7, 11) is 1.68. The summed E-state index contributed by atoms with van der Waals surface area (Å²) in [6.07, 6.45) is 0.522. The molecule has 17 heavy (non-hydrogen) atoms. The highest BCUT2D eigenvalue weighted by molar-refractivity contribution is 6.31. The van der Waals surface area contributed by atoms with Gasteiger partial charge in [-0.15, -0.1) is 0 Å². The highest BCUT2D eigenvalue weighted by atomic mass is 35.5. The molecule has 0 radical (unpaired) electrons. The first-order chi connectivity index (χ1) is 8.27. The maximum absolute atomic E-state index is 8.63. The molecule has 0 atom stereocenters. The van der Waals surface area contributed by atoms with Crippen LogP contribution in [0.1, 0.15) is 12.0 Å². The van der Waals surface area contributed by atoms with Crippen molar-refractivity contribution in [1.29, 1.82) is 5.26 Å². The topological polar surface area (TPSA) is 36.3 Å². The molecule has 0 unspecified atom stereocenters. The van der Waals surface area contributed by atoms with Gasteiger partial charge in [0.15, 0.2) is 0 Å². The number of rotatable bonds is 7. The summed E-state index contributed by atoms with van der Waals surface area (Å²) < 4.78 is 5.06. The molecule has 0 bridgehead atoms. The van der Waals surface area contributed by atoms with Crippen LogP contribution in [0.25, 0.3) is 0 Å². The number of benzene rings is 1. The Morgan fingerprint density at radius 2 is 2.12 bits per heavy atom. The molecule has 4 heteroatoms. The van der Waals surface area contributed by atoms with Crippen LogP contribution in [0, 0.1) is 11.3 Å². The van der Waals surface area contributed by atoms with Crippen LogP contribution in [-0.2, 0) is 11.3 Å². The van der Waals surface area contributed by atoms with E-state index < -0.39 is 0 Å². The van der Waals surface area contributed by atoms with Crippen molar-refractivity contribution in [3.63, 3.8) is 0 Å². The van der Waals surface area contributed by atoms with Crippen molar-refractivity contribution in [3.05, 3.63) is 34.9 Å². The van der Waals surface area contributed by atoms with Crippen molar-refractivity contribution in [2.24, 2.45) is 0 Å². The van der Waals surface area contributed by atoms with Gasteiger partial charge < -0.3 is 4.74 Å². The van der Waals surface area contributed by atoms with E-state index in [4.69, 9.17) is 21.6 Å².